The van der Waals surface area contributed by atoms with Gasteiger partial charge < -0.3 is 25.1 Å². The molecule has 0 fully saturated rings. The van der Waals surface area contributed by atoms with Gasteiger partial charge in [0.2, 0.25) is 5.88 Å². The Bertz CT molecular complexity index is 1440. The van der Waals surface area contributed by atoms with Gasteiger partial charge in [-0.05, 0) is 48.0 Å². The van der Waals surface area contributed by atoms with Gasteiger partial charge in [0, 0.05) is 16.5 Å². The van der Waals surface area contributed by atoms with Crippen LogP contribution in [0.1, 0.15) is 43.8 Å². The molecule has 1 unspecified atom stereocenters. The van der Waals surface area contributed by atoms with E-state index in [1.54, 1.807) is 19.4 Å². The molecule has 10 heteroatoms. The van der Waals surface area contributed by atoms with Crippen LogP contribution in [0.3, 0.4) is 0 Å². The standard InChI is InChI=1S/C27H28N6O3S/c1-27(2,3)21-15-37-26(30-21)33(25(29)34)18-9-7-17(8-10-18)32-22(28)20-13-14-36-24(20)31-23(32)16-5-11-19(35-4)12-6-16/h5-15,23,28,31H,1-4H3,(H2,29,34). The molecule has 1 aliphatic rings. The first-order chi connectivity index (χ1) is 17.7. The van der Waals surface area contributed by atoms with Crippen molar-refractivity contribution in [2.45, 2.75) is 32.4 Å². The summed E-state index contributed by atoms with van der Waals surface area (Å²) in [6, 6.07) is 16.1. The molecule has 2 aromatic heterocycles. The lowest BCUT2D eigenvalue weighted by atomic mass is 9.93. The first-order valence-corrected chi connectivity index (χ1v) is 12.6. The molecule has 190 valence electrons. The van der Waals surface area contributed by atoms with Crippen molar-refractivity contribution in [3.8, 4) is 5.75 Å². The van der Waals surface area contributed by atoms with Crippen LogP contribution in [0.4, 0.5) is 27.2 Å². The highest BCUT2D eigenvalue weighted by Crippen LogP contribution is 2.39. The maximum Gasteiger partial charge on any atom is 0.325 e. The molecule has 4 N–H and O–H groups in total. The molecule has 0 radical (unpaired) electrons. The second-order valence-electron chi connectivity index (χ2n) is 9.66. The smallest absolute Gasteiger partial charge is 0.325 e. The number of carbonyl (C=O) groups excluding carboxylic acids is 1. The predicted octanol–water partition coefficient (Wildman–Crippen LogP) is 6.22. The maximum atomic E-state index is 12.4. The molecule has 0 aliphatic carbocycles. The van der Waals surface area contributed by atoms with Crippen LogP contribution in [0.15, 0.2) is 70.7 Å². The van der Waals surface area contributed by atoms with Gasteiger partial charge in [0.1, 0.15) is 17.8 Å². The highest BCUT2D eigenvalue weighted by Gasteiger charge is 2.34. The molecule has 0 bridgehead atoms. The molecule has 5 rings (SSSR count). The van der Waals surface area contributed by atoms with E-state index in [4.69, 9.17) is 20.3 Å². The zero-order valence-corrected chi connectivity index (χ0v) is 21.8. The fraction of sp³-hybridized carbons (Fsp3) is 0.222. The van der Waals surface area contributed by atoms with Gasteiger partial charge in [-0.15, -0.1) is 11.3 Å². The van der Waals surface area contributed by atoms with Crippen molar-refractivity contribution in [1.29, 1.82) is 5.41 Å². The van der Waals surface area contributed by atoms with Gasteiger partial charge in [-0.2, -0.15) is 0 Å². The number of hydrogen-bond donors (Lipinski definition) is 3. The second kappa shape index (κ2) is 9.29. The predicted molar refractivity (Wildman–Crippen MR) is 146 cm³/mol. The number of primary amides is 1. The molecule has 37 heavy (non-hydrogen) atoms. The summed E-state index contributed by atoms with van der Waals surface area (Å²) in [5, 5.41) is 14.8. The van der Waals surface area contributed by atoms with Gasteiger partial charge >= 0.3 is 6.03 Å². The summed E-state index contributed by atoms with van der Waals surface area (Å²) in [7, 11) is 1.62. The number of nitrogens with one attached hydrogen (secondary N) is 2. The van der Waals surface area contributed by atoms with E-state index in [2.05, 4.69) is 31.1 Å². The average Bonchev–Trinajstić information content (AvgIpc) is 3.55. The van der Waals surface area contributed by atoms with Crippen molar-refractivity contribution in [3.63, 3.8) is 0 Å². The Kier molecular flexibility index (Phi) is 6.12. The third-order valence-corrected chi connectivity index (χ3v) is 7.00. The molecule has 1 aliphatic heterocycles. The maximum absolute atomic E-state index is 12.4. The number of anilines is 4. The molecule has 1 atom stereocenters. The van der Waals surface area contributed by atoms with E-state index in [9.17, 15) is 4.79 Å². The van der Waals surface area contributed by atoms with Crippen molar-refractivity contribution in [1.82, 2.24) is 4.98 Å². The number of fused-ring (bicyclic) bond motifs is 1. The van der Waals surface area contributed by atoms with Gasteiger partial charge in [0.25, 0.3) is 0 Å². The van der Waals surface area contributed by atoms with E-state index in [-0.39, 0.29) is 11.3 Å². The molecular weight excluding hydrogens is 488 g/mol. The molecule has 4 aromatic rings. The Morgan fingerprint density at radius 2 is 1.86 bits per heavy atom. The summed E-state index contributed by atoms with van der Waals surface area (Å²) >= 11 is 1.37. The monoisotopic (exact) mass is 516 g/mol. The lowest BCUT2D eigenvalue weighted by Gasteiger charge is -2.38. The normalized spacial score (nSPS) is 15.2. The zero-order valence-electron chi connectivity index (χ0n) is 21.0. The molecule has 2 aromatic carbocycles. The second-order valence-corrected chi connectivity index (χ2v) is 10.5. The van der Waals surface area contributed by atoms with Gasteiger partial charge in [-0.1, -0.05) is 32.9 Å². The van der Waals surface area contributed by atoms with Crippen LogP contribution in [0, 0.1) is 5.41 Å². The van der Waals surface area contributed by atoms with Crippen molar-refractivity contribution in [3.05, 3.63) is 83.1 Å². The van der Waals surface area contributed by atoms with Crippen LogP contribution in [0.2, 0.25) is 0 Å². The van der Waals surface area contributed by atoms with Crippen molar-refractivity contribution >= 4 is 45.6 Å². The number of thiazole rings is 1. The summed E-state index contributed by atoms with van der Waals surface area (Å²) in [6.45, 7) is 6.21. The number of amidine groups is 1. The molecule has 3 heterocycles. The van der Waals surface area contributed by atoms with Crippen molar-refractivity contribution in [2.24, 2.45) is 5.73 Å². The van der Waals surface area contributed by atoms with Gasteiger partial charge in [0.15, 0.2) is 5.13 Å². The Hall–Kier alpha value is -4.31. The number of nitrogens with zero attached hydrogens (tertiary/aromatic N) is 3. The first-order valence-electron chi connectivity index (χ1n) is 11.7. The van der Waals surface area contributed by atoms with Crippen molar-refractivity contribution in [2.75, 3.05) is 22.2 Å². The summed E-state index contributed by atoms with van der Waals surface area (Å²) in [5.74, 6) is 1.57. The van der Waals surface area contributed by atoms with E-state index in [0.717, 1.165) is 22.7 Å². The quantitative estimate of drug-likeness (QED) is 0.290. The zero-order chi connectivity index (χ0) is 26.3. The minimum absolute atomic E-state index is 0.147. The average molecular weight is 517 g/mol. The third kappa shape index (κ3) is 4.51. The number of hydrogen-bond acceptors (Lipinski definition) is 7. The Morgan fingerprint density at radius 3 is 2.46 bits per heavy atom. The Labute approximate surface area is 219 Å². The van der Waals surface area contributed by atoms with Gasteiger partial charge in [0.05, 0.1) is 30.3 Å². The van der Waals surface area contributed by atoms with Crippen LogP contribution in [-0.4, -0.2) is 24.0 Å². The summed E-state index contributed by atoms with van der Waals surface area (Å²) in [6.07, 6.45) is 1.16. The minimum atomic E-state index is -0.617. The van der Waals surface area contributed by atoms with E-state index >= 15 is 0 Å². The van der Waals surface area contributed by atoms with Crippen LogP contribution in [0.5, 0.6) is 5.75 Å². The molecule has 0 spiro atoms. The van der Waals surface area contributed by atoms with Gasteiger partial charge in [-0.3, -0.25) is 5.41 Å². The van der Waals surface area contributed by atoms with Crippen LogP contribution < -0.4 is 25.6 Å². The molecular formula is C27H28N6O3S. The van der Waals surface area contributed by atoms with E-state index in [1.807, 2.05) is 58.8 Å². The number of nitrogens with two attached hydrogens (primary N) is 1. The number of benzene rings is 2. The number of furan rings is 1. The van der Waals surface area contributed by atoms with E-state index in [1.165, 1.54) is 16.2 Å². The molecule has 0 saturated heterocycles. The fourth-order valence-electron chi connectivity index (χ4n) is 4.16. The molecule has 9 nitrogen and oxygen atoms in total. The first kappa shape index (κ1) is 24.4. The van der Waals surface area contributed by atoms with E-state index in [0.29, 0.717) is 22.3 Å². The lowest BCUT2D eigenvalue weighted by molar-refractivity contribution is 0.256. The molecule has 2 amide bonds. The number of amides is 2. The number of aromatic nitrogens is 1. The largest absolute Gasteiger partial charge is 0.497 e. The number of ether oxygens (including phenoxy) is 1. The summed E-state index contributed by atoms with van der Waals surface area (Å²) in [4.78, 5) is 20.4. The lowest BCUT2D eigenvalue weighted by Crippen LogP contribution is -2.42. The topological polar surface area (TPSA) is 121 Å². The Morgan fingerprint density at radius 1 is 1.16 bits per heavy atom. The number of urea groups is 1. The number of methoxy groups -OCH3 is 1. The Balaban J connectivity index is 1.51. The molecule has 0 saturated carbocycles. The summed E-state index contributed by atoms with van der Waals surface area (Å²) in [5.41, 5.74) is 9.44. The fourth-order valence-corrected chi connectivity index (χ4v) is 5.23. The van der Waals surface area contributed by atoms with Crippen LogP contribution in [-0.2, 0) is 5.41 Å². The van der Waals surface area contributed by atoms with E-state index < -0.39 is 12.2 Å². The van der Waals surface area contributed by atoms with Crippen LogP contribution in [0.25, 0.3) is 0 Å². The SMILES string of the molecule is COc1ccc(C2Nc3occc3C(=N)N2c2ccc(N(C(N)=O)c3nc(C(C)(C)C)cs3)cc2)cc1. The number of rotatable bonds is 5. The van der Waals surface area contributed by atoms with Gasteiger partial charge in [-0.25, -0.2) is 14.7 Å². The highest BCUT2D eigenvalue weighted by atomic mass is 32.1. The highest BCUT2D eigenvalue weighted by molar-refractivity contribution is 7.14. The summed E-state index contributed by atoms with van der Waals surface area (Å²) < 4.78 is 10.9. The van der Waals surface area contributed by atoms with Crippen molar-refractivity contribution < 1.29 is 13.9 Å². The van der Waals surface area contributed by atoms with Crippen LogP contribution >= 0.6 is 11.3 Å². The number of carbonyl (C=O) groups is 1. The minimum Gasteiger partial charge on any atom is -0.497 e. The third-order valence-electron chi connectivity index (χ3n) is 6.18.